The largest absolute Gasteiger partial charge is 0.498 e. The van der Waals surface area contributed by atoms with E-state index in [1.54, 1.807) is 0 Å². The van der Waals surface area contributed by atoms with Crippen LogP contribution in [0.2, 0.25) is 0 Å². The van der Waals surface area contributed by atoms with Crippen LogP contribution in [0.1, 0.15) is 33.3 Å². The minimum absolute atomic E-state index is 0.205. The summed E-state index contributed by atoms with van der Waals surface area (Å²) in [6.45, 7) is 4.23. The van der Waals surface area contributed by atoms with Gasteiger partial charge in [-0.3, -0.25) is 0 Å². The summed E-state index contributed by atoms with van der Waals surface area (Å²) in [6, 6.07) is 4.04. The highest BCUT2D eigenvalue weighted by molar-refractivity contribution is 6.63. The molecule has 1 aromatic carbocycles. The van der Waals surface area contributed by atoms with Crippen molar-refractivity contribution in [3.63, 3.8) is 0 Å². The van der Waals surface area contributed by atoms with Crippen LogP contribution in [0.5, 0.6) is 5.75 Å². The van der Waals surface area contributed by atoms with Crippen molar-refractivity contribution < 1.29 is 31.6 Å². The van der Waals surface area contributed by atoms with Gasteiger partial charge in [0.2, 0.25) is 6.43 Å². The van der Waals surface area contributed by atoms with Crippen LogP contribution in [-0.2, 0) is 15.7 Å². The van der Waals surface area contributed by atoms with Crippen LogP contribution >= 0.6 is 0 Å². The number of ether oxygens (including phenoxy) is 1. The maximum atomic E-state index is 12.6. The van der Waals surface area contributed by atoms with Crippen LogP contribution in [0.15, 0.2) is 18.2 Å². The second-order valence-electron chi connectivity index (χ2n) is 6.43. The number of rotatable bonds is 5. The van der Waals surface area contributed by atoms with E-state index in [4.69, 9.17) is 9.31 Å². The standard InChI is InChI=1S/C15H19BF4O3/c1-14(2)15(3,4)23-16(22-14)10-6-5-9(8-12(17)18)7-11(10)21-13(19)20/h5-7,12-13H,8H2,1-4H3. The third-order valence-electron chi connectivity index (χ3n) is 4.19. The van der Waals surface area contributed by atoms with Crippen molar-refractivity contribution >= 4 is 12.6 Å². The lowest BCUT2D eigenvalue weighted by Crippen LogP contribution is -2.41. The molecule has 1 heterocycles. The van der Waals surface area contributed by atoms with Crippen molar-refractivity contribution in [2.75, 3.05) is 0 Å². The van der Waals surface area contributed by atoms with Gasteiger partial charge in [-0.15, -0.1) is 0 Å². The van der Waals surface area contributed by atoms with E-state index in [-0.39, 0.29) is 16.8 Å². The monoisotopic (exact) mass is 334 g/mol. The predicted octanol–water partition coefficient (Wildman–Crippen LogP) is 3.39. The number of alkyl halides is 4. The molecule has 1 saturated heterocycles. The van der Waals surface area contributed by atoms with Gasteiger partial charge in [0.15, 0.2) is 0 Å². The molecule has 128 valence electrons. The number of hydrogen-bond acceptors (Lipinski definition) is 3. The Labute approximate surface area is 133 Å². The molecule has 1 fully saturated rings. The molecule has 0 amide bonds. The molecule has 23 heavy (non-hydrogen) atoms. The Hall–Kier alpha value is -1.28. The van der Waals surface area contributed by atoms with E-state index in [9.17, 15) is 17.6 Å². The first kappa shape index (κ1) is 18.1. The Morgan fingerprint density at radius 2 is 1.61 bits per heavy atom. The summed E-state index contributed by atoms with van der Waals surface area (Å²) >= 11 is 0. The number of halogens is 4. The highest BCUT2D eigenvalue weighted by Gasteiger charge is 2.52. The van der Waals surface area contributed by atoms with Crippen molar-refractivity contribution in [1.29, 1.82) is 0 Å². The van der Waals surface area contributed by atoms with Gasteiger partial charge in [-0.2, -0.15) is 8.78 Å². The molecule has 0 atom stereocenters. The lowest BCUT2D eigenvalue weighted by molar-refractivity contribution is -0.0493. The van der Waals surface area contributed by atoms with E-state index < -0.39 is 37.8 Å². The molecular formula is C15H19BF4O3. The van der Waals surface area contributed by atoms with E-state index in [1.165, 1.54) is 18.2 Å². The van der Waals surface area contributed by atoms with Gasteiger partial charge in [0, 0.05) is 11.9 Å². The summed E-state index contributed by atoms with van der Waals surface area (Å²) < 4.78 is 66.3. The molecule has 1 aromatic rings. The maximum Gasteiger partial charge on any atom is 0.498 e. The third-order valence-corrected chi connectivity index (χ3v) is 4.19. The molecule has 1 aliphatic rings. The Bertz CT molecular complexity index is 548. The molecule has 0 saturated carbocycles. The number of benzene rings is 1. The van der Waals surface area contributed by atoms with Crippen molar-refractivity contribution in [3.8, 4) is 5.75 Å². The van der Waals surface area contributed by atoms with Gasteiger partial charge >= 0.3 is 13.7 Å². The van der Waals surface area contributed by atoms with E-state index in [0.29, 0.717) is 0 Å². The Balaban J connectivity index is 2.34. The fraction of sp³-hybridized carbons (Fsp3) is 0.600. The highest BCUT2D eigenvalue weighted by atomic mass is 19.3. The first-order valence-electron chi connectivity index (χ1n) is 7.23. The average Bonchev–Trinajstić information content (AvgIpc) is 2.56. The zero-order chi connectivity index (χ0) is 17.4. The maximum absolute atomic E-state index is 12.6. The first-order chi connectivity index (χ1) is 10.5. The minimum Gasteiger partial charge on any atom is -0.435 e. The lowest BCUT2D eigenvalue weighted by atomic mass is 9.78. The third kappa shape index (κ3) is 3.98. The molecule has 0 N–H and O–H groups in total. The molecule has 0 bridgehead atoms. The summed E-state index contributed by atoms with van der Waals surface area (Å²) in [4.78, 5) is 0. The molecule has 0 radical (unpaired) electrons. The second-order valence-corrected chi connectivity index (χ2v) is 6.43. The van der Waals surface area contributed by atoms with Gasteiger partial charge in [0.1, 0.15) is 5.75 Å². The van der Waals surface area contributed by atoms with Crippen LogP contribution in [0.3, 0.4) is 0 Å². The Kier molecular flexibility index (Phi) is 4.96. The summed E-state index contributed by atoms with van der Waals surface area (Å²) in [6.07, 6.45) is -3.11. The smallest absolute Gasteiger partial charge is 0.435 e. The molecule has 3 nitrogen and oxygen atoms in total. The van der Waals surface area contributed by atoms with Gasteiger partial charge in [0.25, 0.3) is 0 Å². The molecule has 0 aromatic heterocycles. The van der Waals surface area contributed by atoms with Gasteiger partial charge in [-0.25, -0.2) is 8.78 Å². The average molecular weight is 334 g/mol. The molecule has 8 heteroatoms. The first-order valence-corrected chi connectivity index (χ1v) is 7.23. The zero-order valence-electron chi connectivity index (χ0n) is 13.4. The Morgan fingerprint density at radius 1 is 1.04 bits per heavy atom. The van der Waals surface area contributed by atoms with Gasteiger partial charge in [0.05, 0.1) is 11.2 Å². The number of hydrogen-bond donors (Lipinski definition) is 0. The quantitative estimate of drug-likeness (QED) is 0.610. The van der Waals surface area contributed by atoms with Gasteiger partial charge in [-0.1, -0.05) is 12.1 Å². The molecule has 0 aliphatic carbocycles. The van der Waals surface area contributed by atoms with E-state index in [0.717, 1.165) is 0 Å². The van der Waals surface area contributed by atoms with Gasteiger partial charge in [-0.05, 0) is 39.3 Å². The lowest BCUT2D eigenvalue weighted by Gasteiger charge is -2.32. The normalized spacial score (nSPS) is 19.7. The summed E-state index contributed by atoms with van der Waals surface area (Å²) in [5, 5.41) is 0. The molecule has 1 aliphatic heterocycles. The van der Waals surface area contributed by atoms with Gasteiger partial charge < -0.3 is 14.0 Å². The van der Waals surface area contributed by atoms with Crippen LogP contribution in [0.4, 0.5) is 17.6 Å². The van der Waals surface area contributed by atoms with Crippen LogP contribution in [0.25, 0.3) is 0 Å². The summed E-state index contributed by atoms with van der Waals surface area (Å²) in [5.74, 6) is -0.211. The van der Waals surface area contributed by atoms with Crippen molar-refractivity contribution in [2.45, 2.75) is 58.4 Å². The fourth-order valence-corrected chi connectivity index (χ4v) is 2.25. The SMILES string of the molecule is CC1(C)OB(c2ccc(CC(F)F)cc2OC(F)F)OC1(C)C. The summed E-state index contributed by atoms with van der Waals surface area (Å²) in [5.41, 5.74) is -0.846. The second kappa shape index (κ2) is 6.32. The fourth-order valence-electron chi connectivity index (χ4n) is 2.25. The van der Waals surface area contributed by atoms with Crippen LogP contribution < -0.4 is 10.2 Å². The highest BCUT2D eigenvalue weighted by Crippen LogP contribution is 2.37. The molecular weight excluding hydrogens is 315 g/mol. The molecule has 0 unspecified atom stereocenters. The van der Waals surface area contributed by atoms with Crippen molar-refractivity contribution in [3.05, 3.63) is 23.8 Å². The van der Waals surface area contributed by atoms with Crippen LogP contribution in [-0.4, -0.2) is 31.4 Å². The predicted molar refractivity (Wildman–Crippen MR) is 78.5 cm³/mol. The summed E-state index contributed by atoms with van der Waals surface area (Å²) in [7, 11) is -0.908. The van der Waals surface area contributed by atoms with Crippen molar-refractivity contribution in [2.24, 2.45) is 0 Å². The zero-order valence-corrected chi connectivity index (χ0v) is 13.4. The minimum atomic E-state index is -3.07. The van der Waals surface area contributed by atoms with E-state index >= 15 is 0 Å². The van der Waals surface area contributed by atoms with Crippen molar-refractivity contribution in [1.82, 2.24) is 0 Å². The Morgan fingerprint density at radius 3 is 2.09 bits per heavy atom. The molecule has 0 spiro atoms. The van der Waals surface area contributed by atoms with E-state index in [1.807, 2.05) is 27.7 Å². The van der Waals surface area contributed by atoms with Crippen LogP contribution in [0, 0.1) is 0 Å². The topological polar surface area (TPSA) is 27.7 Å². The van der Waals surface area contributed by atoms with E-state index in [2.05, 4.69) is 4.74 Å². The molecule has 2 rings (SSSR count).